The van der Waals surface area contributed by atoms with Gasteiger partial charge in [-0.15, -0.1) is 0 Å². The highest BCUT2D eigenvalue weighted by atomic mass is 32.2. The largest absolute Gasteiger partial charge is 0.480 e. The summed E-state index contributed by atoms with van der Waals surface area (Å²) in [6, 6.07) is 2.57. The Balaban J connectivity index is 2.10. The molecule has 6 nitrogen and oxygen atoms in total. The van der Waals surface area contributed by atoms with Gasteiger partial charge in [0.1, 0.15) is 10.4 Å². The molecule has 1 fully saturated rings. The lowest BCUT2D eigenvalue weighted by Crippen LogP contribution is -2.53. The zero-order chi connectivity index (χ0) is 16.1. The van der Waals surface area contributed by atoms with Gasteiger partial charge in [-0.2, -0.15) is 11.8 Å². The predicted molar refractivity (Wildman–Crippen MR) is 91.1 cm³/mol. The summed E-state index contributed by atoms with van der Waals surface area (Å²) in [6.07, 6.45) is 3.88. The summed E-state index contributed by atoms with van der Waals surface area (Å²) in [4.78, 5) is 27.0. The molecule has 0 aliphatic carbocycles. The highest BCUT2D eigenvalue weighted by Crippen LogP contribution is 2.24. The minimum Gasteiger partial charge on any atom is -0.480 e. The third-order valence-electron chi connectivity index (χ3n) is 3.20. The first kappa shape index (κ1) is 17.3. The van der Waals surface area contributed by atoms with Gasteiger partial charge in [0.05, 0.1) is 18.8 Å². The zero-order valence-electron chi connectivity index (χ0n) is 11.9. The number of rotatable bonds is 6. The van der Waals surface area contributed by atoms with Gasteiger partial charge in [-0.25, -0.2) is 0 Å². The Labute approximate surface area is 142 Å². The molecule has 0 radical (unpaired) electrons. The van der Waals surface area contributed by atoms with Gasteiger partial charge in [0.25, 0.3) is 5.91 Å². The summed E-state index contributed by atoms with van der Waals surface area (Å²) in [5, 5.41) is 9.41. The molecule has 1 atom stereocenters. The number of amides is 1. The second kappa shape index (κ2) is 8.00. The molecule has 1 aromatic heterocycles. The first-order valence-corrected chi connectivity index (χ1v) is 9.31. The Bertz CT molecular complexity index is 549. The number of thioether (sulfide) groups is 2. The maximum absolute atomic E-state index is 12.4. The van der Waals surface area contributed by atoms with Crippen LogP contribution in [0.3, 0.4) is 0 Å². The van der Waals surface area contributed by atoms with Gasteiger partial charge in [0, 0.05) is 0 Å². The molecule has 1 N–H and O–H groups in total. The number of carboxylic acids is 1. The van der Waals surface area contributed by atoms with Crippen molar-refractivity contribution in [3.8, 4) is 0 Å². The van der Waals surface area contributed by atoms with Gasteiger partial charge in [-0.1, -0.05) is 24.0 Å². The van der Waals surface area contributed by atoms with E-state index in [0.29, 0.717) is 16.6 Å². The van der Waals surface area contributed by atoms with Gasteiger partial charge < -0.3 is 9.52 Å². The maximum Gasteiger partial charge on any atom is 0.321 e. The van der Waals surface area contributed by atoms with E-state index in [1.165, 1.54) is 22.9 Å². The zero-order valence-corrected chi connectivity index (χ0v) is 14.4. The second-order valence-corrected chi connectivity index (χ2v) is 7.18. The minimum atomic E-state index is -0.882. The Morgan fingerprint density at radius 3 is 2.95 bits per heavy atom. The molecule has 0 aromatic carbocycles. The summed E-state index contributed by atoms with van der Waals surface area (Å²) in [7, 11) is 0. The number of carbonyl (C=O) groups is 2. The Hall–Kier alpha value is -1.03. The van der Waals surface area contributed by atoms with E-state index < -0.39 is 12.0 Å². The molecule has 120 valence electrons. The van der Waals surface area contributed by atoms with Gasteiger partial charge >= 0.3 is 5.97 Å². The topological polar surface area (TPSA) is 74.0 Å². The molecule has 0 bridgehead atoms. The Kier molecular flexibility index (Phi) is 6.30. The van der Waals surface area contributed by atoms with E-state index in [-0.39, 0.29) is 18.3 Å². The summed E-state index contributed by atoms with van der Waals surface area (Å²) < 4.78 is 5.54. The molecule has 22 heavy (non-hydrogen) atoms. The molecule has 1 saturated heterocycles. The van der Waals surface area contributed by atoms with E-state index >= 15 is 0 Å². The fourth-order valence-electron chi connectivity index (χ4n) is 2.06. The van der Waals surface area contributed by atoms with Crippen molar-refractivity contribution in [3.63, 3.8) is 0 Å². The highest BCUT2D eigenvalue weighted by molar-refractivity contribution is 8.23. The number of nitrogens with zero attached hydrogens (tertiary/aromatic N) is 2. The predicted octanol–water partition coefficient (Wildman–Crippen LogP) is 2.18. The van der Waals surface area contributed by atoms with Crippen LogP contribution < -0.4 is 0 Å². The number of carbonyl (C=O) groups excluding carboxylic acids is 1. The molecule has 1 aliphatic rings. The van der Waals surface area contributed by atoms with Gasteiger partial charge in [0.2, 0.25) is 0 Å². The molecule has 1 aliphatic heterocycles. The van der Waals surface area contributed by atoms with E-state index in [4.69, 9.17) is 16.6 Å². The van der Waals surface area contributed by atoms with Crippen molar-refractivity contribution < 1.29 is 19.1 Å². The highest BCUT2D eigenvalue weighted by Gasteiger charge is 2.34. The van der Waals surface area contributed by atoms with Crippen LogP contribution >= 0.6 is 35.7 Å². The van der Waals surface area contributed by atoms with E-state index in [9.17, 15) is 14.7 Å². The molecular formula is C13H16N2O4S3. The standard InChI is InChI=1S/C13H16N2O4S3/c1-21-6-4-9(12(17)18)14-7-15(13(20)22-8-14)11(16)10-3-2-5-19-10/h2-3,5,9H,4,6-8H2,1H3,(H,17,18)/t9-/m0/s1. The maximum atomic E-state index is 12.4. The number of hydrogen-bond acceptors (Lipinski definition) is 7. The van der Waals surface area contributed by atoms with Crippen LogP contribution in [0.5, 0.6) is 0 Å². The summed E-state index contributed by atoms with van der Waals surface area (Å²) in [5.41, 5.74) is 0. The molecule has 0 unspecified atom stereocenters. The van der Waals surface area contributed by atoms with Gasteiger partial charge in [0.15, 0.2) is 5.76 Å². The molecule has 1 amide bonds. The number of thiocarbonyl (C=S) groups is 1. The minimum absolute atomic E-state index is 0.163. The molecule has 2 rings (SSSR count). The third kappa shape index (κ3) is 4.03. The van der Waals surface area contributed by atoms with Crippen molar-refractivity contribution in [2.75, 3.05) is 24.6 Å². The monoisotopic (exact) mass is 360 g/mol. The van der Waals surface area contributed by atoms with Gasteiger partial charge in [-0.05, 0) is 30.6 Å². The number of carboxylic acid groups (broad SMARTS) is 1. The van der Waals surface area contributed by atoms with Crippen LogP contribution in [0.25, 0.3) is 0 Å². The van der Waals surface area contributed by atoms with E-state index in [1.807, 2.05) is 6.26 Å². The third-order valence-corrected chi connectivity index (χ3v) is 5.34. The fraction of sp³-hybridized carbons (Fsp3) is 0.462. The van der Waals surface area contributed by atoms with Crippen molar-refractivity contribution in [1.29, 1.82) is 0 Å². The van der Waals surface area contributed by atoms with Crippen LogP contribution in [0.1, 0.15) is 17.0 Å². The van der Waals surface area contributed by atoms with Crippen molar-refractivity contribution in [2.45, 2.75) is 12.5 Å². The molecular weight excluding hydrogens is 344 g/mol. The van der Waals surface area contributed by atoms with Crippen LogP contribution in [-0.4, -0.2) is 61.7 Å². The SMILES string of the molecule is CSCC[C@@H](C(=O)O)N1CSC(=S)N(C(=O)c2ccco2)C1. The Morgan fingerprint density at radius 2 is 2.36 bits per heavy atom. The van der Waals surface area contributed by atoms with Crippen LogP contribution in [0.15, 0.2) is 22.8 Å². The Morgan fingerprint density at radius 1 is 1.59 bits per heavy atom. The lowest BCUT2D eigenvalue weighted by Gasteiger charge is -2.37. The first-order valence-electron chi connectivity index (χ1n) is 6.52. The average Bonchev–Trinajstić information content (AvgIpc) is 3.02. The average molecular weight is 360 g/mol. The van der Waals surface area contributed by atoms with Gasteiger partial charge in [-0.3, -0.25) is 19.4 Å². The van der Waals surface area contributed by atoms with Crippen molar-refractivity contribution >= 4 is 51.9 Å². The lowest BCUT2D eigenvalue weighted by molar-refractivity contribution is -0.143. The van der Waals surface area contributed by atoms with Crippen molar-refractivity contribution in [2.24, 2.45) is 0 Å². The molecule has 2 heterocycles. The molecule has 9 heteroatoms. The first-order chi connectivity index (χ1) is 10.5. The van der Waals surface area contributed by atoms with Crippen LogP contribution in [0.4, 0.5) is 0 Å². The summed E-state index contributed by atoms with van der Waals surface area (Å²) >= 11 is 8.11. The lowest BCUT2D eigenvalue weighted by atomic mass is 10.2. The number of hydrogen-bond donors (Lipinski definition) is 1. The summed E-state index contributed by atoms with van der Waals surface area (Å²) in [5.74, 6) is 0.177. The van der Waals surface area contributed by atoms with E-state index in [2.05, 4.69) is 0 Å². The van der Waals surface area contributed by atoms with Crippen LogP contribution in [0.2, 0.25) is 0 Å². The summed E-state index contributed by atoms with van der Waals surface area (Å²) in [6.45, 7) is 0.163. The van der Waals surface area contributed by atoms with Crippen molar-refractivity contribution in [3.05, 3.63) is 24.2 Å². The molecule has 1 aromatic rings. The number of aliphatic carboxylic acids is 1. The normalized spacial score (nSPS) is 17.5. The van der Waals surface area contributed by atoms with Crippen LogP contribution in [0, 0.1) is 0 Å². The van der Waals surface area contributed by atoms with E-state index in [0.717, 1.165) is 5.75 Å². The molecule has 0 spiro atoms. The molecule has 0 saturated carbocycles. The van der Waals surface area contributed by atoms with Crippen molar-refractivity contribution in [1.82, 2.24) is 9.80 Å². The second-order valence-electron chi connectivity index (χ2n) is 4.62. The smallest absolute Gasteiger partial charge is 0.321 e. The van der Waals surface area contributed by atoms with E-state index in [1.54, 1.807) is 28.8 Å². The fourth-order valence-corrected chi connectivity index (χ4v) is 3.65. The quantitative estimate of drug-likeness (QED) is 0.774. The van der Waals surface area contributed by atoms with Crippen LogP contribution in [-0.2, 0) is 4.79 Å². The number of furan rings is 1.